The van der Waals surface area contributed by atoms with E-state index < -0.39 is 0 Å². The second-order valence-electron chi connectivity index (χ2n) is 5.50. The Bertz CT molecular complexity index is 1030. The van der Waals surface area contributed by atoms with E-state index in [0.29, 0.717) is 5.75 Å². The lowest BCUT2D eigenvalue weighted by Crippen LogP contribution is -2.07. The zero-order chi connectivity index (χ0) is 14.0. The van der Waals surface area contributed by atoms with Crippen LogP contribution in [0.5, 0.6) is 5.75 Å². The van der Waals surface area contributed by atoms with E-state index in [2.05, 4.69) is 33.8 Å². The molecule has 0 amide bonds. The summed E-state index contributed by atoms with van der Waals surface area (Å²) in [6.07, 6.45) is 1.85. The van der Waals surface area contributed by atoms with Crippen LogP contribution in [-0.2, 0) is 6.54 Å². The molecule has 0 aliphatic carbocycles. The first-order valence-electron chi connectivity index (χ1n) is 7.01. The molecule has 4 aromatic rings. The van der Waals surface area contributed by atoms with Crippen LogP contribution in [0.25, 0.3) is 33.1 Å². The number of fused-ring (bicyclic) bond motifs is 5. The standard InChI is InChI=1S/C18H12N2O/c21-12-5-6-16-15(9-12)14-7-8-19-17-13-4-2-1-3-11(13)10-20(16)18(14)17/h1-9,21H,10H2. The zero-order valence-corrected chi connectivity index (χ0v) is 11.2. The smallest absolute Gasteiger partial charge is 0.116 e. The molecule has 0 saturated carbocycles. The van der Waals surface area contributed by atoms with Crippen LogP contribution >= 0.6 is 0 Å². The number of aromatic hydroxyl groups is 1. The van der Waals surface area contributed by atoms with Crippen molar-refractivity contribution in [3.8, 4) is 17.0 Å². The van der Waals surface area contributed by atoms with Crippen molar-refractivity contribution in [3.63, 3.8) is 0 Å². The lowest BCUT2D eigenvalue weighted by atomic mass is 9.99. The largest absolute Gasteiger partial charge is 0.508 e. The van der Waals surface area contributed by atoms with Crippen LogP contribution in [-0.4, -0.2) is 14.7 Å². The van der Waals surface area contributed by atoms with Crippen LogP contribution in [0.3, 0.4) is 0 Å². The summed E-state index contributed by atoms with van der Waals surface area (Å²) in [6, 6.07) is 16.0. The Morgan fingerprint density at radius 1 is 1.00 bits per heavy atom. The number of rotatable bonds is 0. The lowest BCUT2D eigenvalue weighted by molar-refractivity contribution is 0.476. The van der Waals surface area contributed by atoms with Gasteiger partial charge in [0.25, 0.3) is 0 Å². The SMILES string of the molecule is Oc1ccc2c(c1)c1ccnc3c1n2Cc1ccccc1-3. The van der Waals surface area contributed by atoms with E-state index in [4.69, 9.17) is 0 Å². The zero-order valence-electron chi connectivity index (χ0n) is 11.2. The molecule has 2 aromatic carbocycles. The summed E-state index contributed by atoms with van der Waals surface area (Å²) < 4.78 is 2.30. The van der Waals surface area contributed by atoms with Gasteiger partial charge in [-0.2, -0.15) is 0 Å². The van der Waals surface area contributed by atoms with Crippen molar-refractivity contribution in [2.45, 2.75) is 6.54 Å². The van der Waals surface area contributed by atoms with Crippen molar-refractivity contribution < 1.29 is 5.11 Å². The number of phenolic OH excluding ortho intramolecular Hbond substituents is 1. The first-order chi connectivity index (χ1) is 10.3. The van der Waals surface area contributed by atoms with Gasteiger partial charge in [0.1, 0.15) is 5.75 Å². The summed E-state index contributed by atoms with van der Waals surface area (Å²) >= 11 is 0. The van der Waals surface area contributed by atoms with E-state index in [1.54, 1.807) is 6.07 Å². The van der Waals surface area contributed by atoms with Crippen molar-refractivity contribution in [1.82, 2.24) is 9.55 Å². The van der Waals surface area contributed by atoms with Gasteiger partial charge in [0.15, 0.2) is 0 Å². The number of hydrogen-bond donors (Lipinski definition) is 1. The van der Waals surface area contributed by atoms with Crippen molar-refractivity contribution in [2.75, 3.05) is 0 Å². The second kappa shape index (κ2) is 3.64. The number of aromatic nitrogens is 2. The summed E-state index contributed by atoms with van der Waals surface area (Å²) in [6.45, 7) is 0.847. The predicted molar refractivity (Wildman–Crippen MR) is 83.4 cm³/mol. The highest BCUT2D eigenvalue weighted by molar-refractivity contribution is 6.13. The van der Waals surface area contributed by atoms with Crippen molar-refractivity contribution in [3.05, 3.63) is 60.3 Å². The molecule has 3 heterocycles. The van der Waals surface area contributed by atoms with E-state index in [0.717, 1.165) is 34.0 Å². The predicted octanol–water partition coefficient (Wildman–Crippen LogP) is 3.92. The Morgan fingerprint density at radius 2 is 1.90 bits per heavy atom. The molecular weight excluding hydrogens is 260 g/mol. The van der Waals surface area contributed by atoms with Crippen LogP contribution in [0.15, 0.2) is 54.7 Å². The molecule has 0 bridgehead atoms. The molecule has 1 aliphatic heterocycles. The highest BCUT2D eigenvalue weighted by Gasteiger charge is 2.22. The average molecular weight is 272 g/mol. The number of hydrogen-bond acceptors (Lipinski definition) is 2. The van der Waals surface area contributed by atoms with Crippen molar-refractivity contribution >= 4 is 21.8 Å². The molecule has 0 atom stereocenters. The summed E-state index contributed by atoms with van der Waals surface area (Å²) in [5, 5.41) is 12.0. The molecule has 3 heteroatoms. The molecule has 21 heavy (non-hydrogen) atoms. The molecule has 0 saturated heterocycles. The molecule has 1 aliphatic rings. The molecule has 3 nitrogen and oxygen atoms in total. The molecule has 0 unspecified atom stereocenters. The first kappa shape index (κ1) is 10.9. The van der Waals surface area contributed by atoms with Gasteiger partial charge in [0.05, 0.1) is 11.2 Å². The topological polar surface area (TPSA) is 38.1 Å². The average Bonchev–Trinajstić information content (AvgIpc) is 2.83. The Hall–Kier alpha value is -2.81. The van der Waals surface area contributed by atoms with Crippen LogP contribution < -0.4 is 0 Å². The second-order valence-corrected chi connectivity index (χ2v) is 5.50. The van der Waals surface area contributed by atoms with Crippen LogP contribution in [0.2, 0.25) is 0 Å². The summed E-state index contributed by atoms with van der Waals surface area (Å²) in [7, 11) is 0. The third kappa shape index (κ3) is 1.30. The van der Waals surface area contributed by atoms with Crippen molar-refractivity contribution in [1.29, 1.82) is 0 Å². The first-order valence-corrected chi connectivity index (χ1v) is 7.01. The van der Waals surface area contributed by atoms with Crippen LogP contribution in [0, 0.1) is 0 Å². The van der Waals surface area contributed by atoms with Gasteiger partial charge in [0.2, 0.25) is 0 Å². The molecule has 0 spiro atoms. The Kier molecular flexibility index (Phi) is 1.89. The Balaban J connectivity index is 2.05. The lowest BCUT2D eigenvalue weighted by Gasteiger charge is -2.19. The fraction of sp³-hybridized carbons (Fsp3) is 0.0556. The number of benzene rings is 2. The maximum Gasteiger partial charge on any atom is 0.116 e. The minimum absolute atomic E-state index is 0.302. The molecular formula is C18H12N2O. The number of pyridine rings is 1. The minimum atomic E-state index is 0.302. The van der Waals surface area contributed by atoms with Crippen LogP contribution in [0.4, 0.5) is 0 Å². The van der Waals surface area contributed by atoms with E-state index in [9.17, 15) is 5.11 Å². The monoisotopic (exact) mass is 272 g/mol. The molecule has 0 radical (unpaired) electrons. The summed E-state index contributed by atoms with van der Waals surface area (Å²) in [4.78, 5) is 4.61. The van der Waals surface area contributed by atoms with E-state index in [1.165, 1.54) is 11.1 Å². The quantitative estimate of drug-likeness (QED) is 0.464. The van der Waals surface area contributed by atoms with Crippen molar-refractivity contribution in [2.24, 2.45) is 0 Å². The molecule has 2 aromatic heterocycles. The minimum Gasteiger partial charge on any atom is -0.508 e. The maximum atomic E-state index is 9.81. The van der Waals surface area contributed by atoms with Gasteiger partial charge in [-0.15, -0.1) is 0 Å². The van der Waals surface area contributed by atoms with Gasteiger partial charge in [0, 0.05) is 34.6 Å². The van der Waals surface area contributed by atoms with Gasteiger partial charge in [-0.3, -0.25) is 4.98 Å². The van der Waals surface area contributed by atoms with Gasteiger partial charge < -0.3 is 9.67 Å². The number of nitrogens with zero attached hydrogens (tertiary/aromatic N) is 2. The fourth-order valence-corrected chi connectivity index (χ4v) is 3.46. The fourth-order valence-electron chi connectivity index (χ4n) is 3.46. The Morgan fingerprint density at radius 3 is 2.86 bits per heavy atom. The van der Waals surface area contributed by atoms with Gasteiger partial charge in [-0.05, 0) is 29.8 Å². The Labute approximate surface area is 121 Å². The van der Waals surface area contributed by atoms with Gasteiger partial charge >= 0.3 is 0 Å². The van der Waals surface area contributed by atoms with Gasteiger partial charge in [-0.25, -0.2) is 0 Å². The highest BCUT2D eigenvalue weighted by Crippen LogP contribution is 2.40. The molecule has 100 valence electrons. The molecule has 5 rings (SSSR count). The summed E-state index contributed by atoms with van der Waals surface area (Å²) in [5.41, 5.74) is 5.84. The van der Waals surface area contributed by atoms with E-state index >= 15 is 0 Å². The molecule has 0 fully saturated rings. The third-order valence-electron chi connectivity index (χ3n) is 4.36. The normalized spacial score (nSPS) is 12.8. The van der Waals surface area contributed by atoms with Gasteiger partial charge in [-0.1, -0.05) is 24.3 Å². The molecule has 1 N–H and O–H groups in total. The van der Waals surface area contributed by atoms with E-state index in [1.807, 2.05) is 24.4 Å². The highest BCUT2D eigenvalue weighted by atomic mass is 16.3. The number of phenols is 1. The third-order valence-corrected chi connectivity index (χ3v) is 4.36. The maximum absolute atomic E-state index is 9.81. The van der Waals surface area contributed by atoms with E-state index in [-0.39, 0.29) is 0 Å². The summed E-state index contributed by atoms with van der Waals surface area (Å²) in [5.74, 6) is 0.302. The van der Waals surface area contributed by atoms with Crippen LogP contribution in [0.1, 0.15) is 5.56 Å².